The monoisotopic (exact) mass is 412 g/mol. The molecule has 2 aromatic carbocycles. The maximum absolute atomic E-state index is 13.7. The zero-order chi connectivity index (χ0) is 17.0. The fraction of sp³-hybridized carbons (Fsp3) is 0. The Morgan fingerprint density at radius 3 is 2.74 bits per heavy atom. The molecule has 0 saturated carbocycles. The Morgan fingerprint density at radius 1 is 1.30 bits per heavy atom. The first-order valence-electron chi connectivity index (χ1n) is 6.24. The van der Waals surface area contributed by atoms with Crippen LogP contribution in [0.3, 0.4) is 0 Å². The molecule has 1 amide bonds. The van der Waals surface area contributed by atoms with Crippen LogP contribution in [0.2, 0.25) is 10.0 Å². The molecular formula is C16H8BrCl2FN2O. The first-order chi connectivity index (χ1) is 10.9. The van der Waals surface area contributed by atoms with Crippen LogP contribution in [0.5, 0.6) is 0 Å². The number of rotatable bonds is 3. The van der Waals surface area contributed by atoms with Crippen LogP contribution in [0.15, 0.2) is 46.4 Å². The summed E-state index contributed by atoms with van der Waals surface area (Å²) in [7, 11) is 0. The molecule has 116 valence electrons. The number of benzene rings is 2. The number of hydrogen-bond donors (Lipinski definition) is 1. The van der Waals surface area contributed by atoms with Crippen molar-refractivity contribution in [1.82, 2.24) is 0 Å². The fourth-order valence-corrected chi connectivity index (χ4v) is 2.45. The molecule has 1 N–H and O–H groups in total. The van der Waals surface area contributed by atoms with E-state index in [0.29, 0.717) is 4.47 Å². The highest BCUT2D eigenvalue weighted by Gasteiger charge is 2.13. The maximum atomic E-state index is 13.7. The van der Waals surface area contributed by atoms with Crippen LogP contribution in [-0.2, 0) is 4.79 Å². The lowest BCUT2D eigenvalue weighted by molar-refractivity contribution is -0.112. The quantitative estimate of drug-likeness (QED) is 0.537. The van der Waals surface area contributed by atoms with Gasteiger partial charge in [0, 0.05) is 10.0 Å². The smallest absolute Gasteiger partial charge is 0.266 e. The average Bonchev–Trinajstić information content (AvgIpc) is 2.52. The van der Waals surface area contributed by atoms with Crippen molar-refractivity contribution >= 4 is 56.8 Å². The second-order valence-corrected chi connectivity index (χ2v) is 6.09. The largest absolute Gasteiger partial charge is 0.320 e. The first kappa shape index (κ1) is 17.5. The van der Waals surface area contributed by atoms with Crippen LogP contribution in [0.25, 0.3) is 6.08 Å². The lowest BCUT2D eigenvalue weighted by Crippen LogP contribution is -2.13. The van der Waals surface area contributed by atoms with E-state index in [-0.39, 0.29) is 26.9 Å². The number of carbonyl (C=O) groups excluding carboxylic acids is 1. The summed E-state index contributed by atoms with van der Waals surface area (Å²) >= 11 is 15.0. The highest BCUT2D eigenvalue weighted by Crippen LogP contribution is 2.30. The van der Waals surface area contributed by atoms with Crippen LogP contribution in [0, 0.1) is 17.1 Å². The van der Waals surface area contributed by atoms with Crippen LogP contribution >= 0.6 is 39.1 Å². The lowest BCUT2D eigenvalue weighted by Gasteiger charge is -2.07. The predicted octanol–water partition coefficient (Wildman–Crippen LogP) is 5.44. The number of nitrogens with one attached hydrogen (secondary N) is 1. The molecule has 3 nitrogen and oxygen atoms in total. The Bertz CT molecular complexity index is 846. The van der Waals surface area contributed by atoms with Gasteiger partial charge >= 0.3 is 0 Å². The van der Waals surface area contributed by atoms with Crippen molar-refractivity contribution in [3.05, 3.63) is 67.9 Å². The van der Waals surface area contributed by atoms with Gasteiger partial charge in [-0.2, -0.15) is 5.26 Å². The molecule has 0 saturated heterocycles. The number of amides is 1. The van der Waals surface area contributed by atoms with Gasteiger partial charge in [0.2, 0.25) is 0 Å². The van der Waals surface area contributed by atoms with Gasteiger partial charge in [0.05, 0.1) is 15.7 Å². The minimum Gasteiger partial charge on any atom is -0.320 e. The summed E-state index contributed by atoms with van der Waals surface area (Å²) < 4.78 is 14.4. The third-order valence-electron chi connectivity index (χ3n) is 2.82. The summed E-state index contributed by atoms with van der Waals surface area (Å²) in [6.45, 7) is 0. The Balaban J connectivity index is 2.32. The lowest BCUT2D eigenvalue weighted by atomic mass is 10.1. The fourth-order valence-electron chi connectivity index (χ4n) is 1.72. The minimum atomic E-state index is -0.712. The van der Waals surface area contributed by atoms with Gasteiger partial charge in [-0.1, -0.05) is 45.2 Å². The van der Waals surface area contributed by atoms with Crippen LogP contribution in [0.4, 0.5) is 10.1 Å². The molecule has 0 heterocycles. The molecule has 2 rings (SSSR count). The van der Waals surface area contributed by atoms with Gasteiger partial charge in [-0.05, 0) is 36.4 Å². The SMILES string of the molecule is N#C/C(=C\c1cc(Br)ccc1F)C(=O)Nc1cccc(Cl)c1Cl. The zero-order valence-corrected chi connectivity index (χ0v) is 14.5. The second-order valence-electron chi connectivity index (χ2n) is 4.39. The van der Waals surface area contributed by atoms with Gasteiger partial charge in [-0.3, -0.25) is 4.79 Å². The molecular weight excluding hydrogens is 406 g/mol. The van der Waals surface area contributed by atoms with Crippen molar-refractivity contribution in [2.45, 2.75) is 0 Å². The van der Waals surface area contributed by atoms with Crippen molar-refractivity contribution in [1.29, 1.82) is 5.26 Å². The molecule has 2 aromatic rings. The molecule has 0 radical (unpaired) electrons. The van der Waals surface area contributed by atoms with E-state index in [1.807, 2.05) is 0 Å². The molecule has 0 aliphatic heterocycles. The molecule has 0 aliphatic rings. The molecule has 0 spiro atoms. The molecule has 0 aromatic heterocycles. The number of nitriles is 1. The van der Waals surface area contributed by atoms with Gasteiger partial charge in [0.15, 0.2) is 0 Å². The van der Waals surface area contributed by atoms with Crippen molar-refractivity contribution in [3.63, 3.8) is 0 Å². The highest BCUT2D eigenvalue weighted by atomic mass is 79.9. The molecule has 0 fully saturated rings. The standard InChI is InChI=1S/C16H8BrCl2FN2O/c17-11-4-5-13(20)9(7-11)6-10(8-21)16(23)22-14-3-1-2-12(18)15(14)19/h1-7H,(H,22,23)/b10-6+. The van der Waals surface area contributed by atoms with E-state index in [2.05, 4.69) is 21.2 Å². The predicted molar refractivity (Wildman–Crippen MR) is 92.8 cm³/mol. The zero-order valence-electron chi connectivity index (χ0n) is 11.4. The highest BCUT2D eigenvalue weighted by molar-refractivity contribution is 9.10. The van der Waals surface area contributed by atoms with Gasteiger partial charge in [-0.25, -0.2) is 4.39 Å². The van der Waals surface area contributed by atoms with Gasteiger partial charge in [0.1, 0.15) is 17.5 Å². The summed E-state index contributed by atoms with van der Waals surface area (Å²) in [4.78, 5) is 12.2. The van der Waals surface area contributed by atoms with E-state index in [9.17, 15) is 9.18 Å². The maximum Gasteiger partial charge on any atom is 0.266 e. The number of hydrogen-bond acceptors (Lipinski definition) is 2. The number of anilines is 1. The average molecular weight is 414 g/mol. The number of carbonyl (C=O) groups is 1. The van der Waals surface area contributed by atoms with E-state index in [4.69, 9.17) is 28.5 Å². The molecule has 0 aliphatic carbocycles. The van der Waals surface area contributed by atoms with Crippen LogP contribution in [0.1, 0.15) is 5.56 Å². The van der Waals surface area contributed by atoms with E-state index in [1.165, 1.54) is 18.2 Å². The summed E-state index contributed by atoms with van der Waals surface area (Å²) in [5.41, 5.74) is 0.112. The van der Waals surface area contributed by atoms with Crippen molar-refractivity contribution in [2.24, 2.45) is 0 Å². The van der Waals surface area contributed by atoms with Gasteiger partial charge in [-0.15, -0.1) is 0 Å². The van der Waals surface area contributed by atoms with Crippen molar-refractivity contribution < 1.29 is 9.18 Å². The number of nitrogens with zero attached hydrogens (tertiary/aromatic N) is 1. The topological polar surface area (TPSA) is 52.9 Å². The molecule has 0 atom stereocenters. The van der Waals surface area contributed by atoms with Crippen molar-refractivity contribution in [2.75, 3.05) is 5.32 Å². The Labute approximate surface area is 150 Å². The molecule has 23 heavy (non-hydrogen) atoms. The van der Waals surface area contributed by atoms with Gasteiger partial charge < -0.3 is 5.32 Å². The summed E-state index contributed by atoms with van der Waals surface area (Å²) in [6.07, 6.45) is 1.16. The summed E-state index contributed by atoms with van der Waals surface area (Å²) in [5.74, 6) is -1.26. The van der Waals surface area contributed by atoms with E-state index in [0.717, 1.165) is 6.08 Å². The molecule has 7 heteroatoms. The van der Waals surface area contributed by atoms with E-state index >= 15 is 0 Å². The molecule has 0 unspecified atom stereocenters. The van der Waals surface area contributed by atoms with Crippen molar-refractivity contribution in [3.8, 4) is 6.07 Å². The summed E-state index contributed by atoms with van der Waals surface area (Å²) in [5, 5.41) is 12.1. The summed E-state index contributed by atoms with van der Waals surface area (Å²) in [6, 6.07) is 10.7. The Morgan fingerprint density at radius 2 is 2.04 bits per heavy atom. The van der Waals surface area contributed by atoms with Crippen LogP contribution < -0.4 is 5.32 Å². The van der Waals surface area contributed by atoms with Crippen LogP contribution in [-0.4, -0.2) is 5.91 Å². The first-order valence-corrected chi connectivity index (χ1v) is 7.79. The normalized spacial score (nSPS) is 11.0. The Kier molecular flexibility index (Phi) is 5.78. The third kappa shape index (κ3) is 4.32. The number of halogens is 4. The van der Waals surface area contributed by atoms with E-state index in [1.54, 1.807) is 24.3 Å². The minimum absolute atomic E-state index is 0.114. The molecule has 0 bridgehead atoms. The third-order valence-corrected chi connectivity index (χ3v) is 4.13. The van der Waals surface area contributed by atoms with E-state index < -0.39 is 11.7 Å². The second kappa shape index (κ2) is 7.60. The Hall–Kier alpha value is -1.87. The van der Waals surface area contributed by atoms with Gasteiger partial charge in [0.25, 0.3) is 5.91 Å².